The fourth-order valence-corrected chi connectivity index (χ4v) is 2.67. The first-order valence-corrected chi connectivity index (χ1v) is 9.00. The summed E-state index contributed by atoms with van der Waals surface area (Å²) >= 11 is 0. The number of guanidine groups is 1. The Morgan fingerprint density at radius 2 is 2.14 bits per heavy atom. The Kier molecular flexibility index (Phi) is 10.2. The molecule has 1 aliphatic heterocycles. The van der Waals surface area contributed by atoms with Crippen LogP contribution in [-0.2, 0) is 4.74 Å². The number of likely N-dealkylation sites (N-methyl/N-ethyl adjacent to an activating group) is 1. The maximum Gasteiger partial charge on any atom is 0.191 e. The minimum absolute atomic E-state index is 0.217. The lowest BCUT2D eigenvalue weighted by Crippen LogP contribution is -2.44. The molecule has 5 heteroatoms. The molecule has 0 aromatic heterocycles. The summed E-state index contributed by atoms with van der Waals surface area (Å²) in [6.45, 7) is 11.0. The highest BCUT2D eigenvalue weighted by atomic mass is 16.5. The topological polar surface area (TPSA) is 48.9 Å². The number of unbranched alkanes of at least 4 members (excludes halogenated alkanes) is 3. The largest absolute Gasteiger partial charge is 0.374 e. The maximum atomic E-state index is 5.77. The van der Waals surface area contributed by atoms with Crippen LogP contribution >= 0.6 is 0 Å². The van der Waals surface area contributed by atoms with E-state index in [2.05, 4.69) is 43.4 Å². The number of aliphatic imine (C=N–C) groups is 1. The molecule has 1 fully saturated rings. The Morgan fingerprint density at radius 1 is 1.32 bits per heavy atom. The normalized spacial score (nSPS) is 21.6. The first-order chi connectivity index (χ1) is 10.7. The minimum atomic E-state index is 0.217. The second kappa shape index (κ2) is 11.7. The van der Waals surface area contributed by atoms with Gasteiger partial charge in [0.2, 0.25) is 0 Å². The summed E-state index contributed by atoms with van der Waals surface area (Å²) in [5.41, 5.74) is 0. The maximum absolute atomic E-state index is 5.77. The van der Waals surface area contributed by atoms with E-state index in [4.69, 9.17) is 9.73 Å². The van der Waals surface area contributed by atoms with Crippen molar-refractivity contribution in [3.63, 3.8) is 0 Å². The van der Waals surface area contributed by atoms with Crippen LogP contribution in [0.4, 0.5) is 0 Å². The summed E-state index contributed by atoms with van der Waals surface area (Å²) in [5, 5.41) is 6.85. The van der Waals surface area contributed by atoms with Gasteiger partial charge in [-0.3, -0.25) is 4.99 Å². The first kappa shape index (κ1) is 19.2. The molecule has 0 aromatic carbocycles. The number of hydrogen-bond donors (Lipinski definition) is 2. The monoisotopic (exact) mass is 312 g/mol. The molecule has 2 unspecified atom stereocenters. The second-order valence-electron chi connectivity index (χ2n) is 6.37. The molecule has 0 bridgehead atoms. The van der Waals surface area contributed by atoms with Crippen LogP contribution in [0.25, 0.3) is 0 Å². The number of nitrogens with one attached hydrogen (secondary N) is 2. The van der Waals surface area contributed by atoms with Crippen molar-refractivity contribution in [1.29, 1.82) is 0 Å². The van der Waals surface area contributed by atoms with Gasteiger partial charge in [-0.05, 0) is 27.3 Å². The Hall–Kier alpha value is -0.810. The van der Waals surface area contributed by atoms with Crippen molar-refractivity contribution in [3.8, 4) is 0 Å². The molecule has 0 radical (unpaired) electrons. The van der Waals surface area contributed by atoms with Gasteiger partial charge >= 0.3 is 0 Å². The third kappa shape index (κ3) is 8.59. The van der Waals surface area contributed by atoms with Crippen molar-refractivity contribution in [2.24, 2.45) is 4.99 Å². The molecular formula is C17H36N4O. The van der Waals surface area contributed by atoms with Crippen molar-refractivity contribution in [2.45, 2.75) is 65.0 Å². The van der Waals surface area contributed by atoms with Crippen LogP contribution in [0.3, 0.4) is 0 Å². The Bertz CT molecular complexity index is 309. The summed E-state index contributed by atoms with van der Waals surface area (Å²) in [5.74, 6) is 0.919. The quantitative estimate of drug-likeness (QED) is 0.389. The fraction of sp³-hybridized carbons (Fsp3) is 0.941. The Morgan fingerprint density at radius 3 is 2.82 bits per heavy atom. The molecule has 2 atom stereocenters. The van der Waals surface area contributed by atoms with Crippen molar-refractivity contribution < 1.29 is 4.74 Å². The molecule has 1 saturated heterocycles. The van der Waals surface area contributed by atoms with E-state index in [-0.39, 0.29) is 6.10 Å². The molecule has 0 aromatic rings. The van der Waals surface area contributed by atoms with Gasteiger partial charge in [-0.1, -0.05) is 32.6 Å². The van der Waals surface area contributed by atoms with E-state index >= 15 is 0 Å². The van der Waals surface area contributed by atoms with Crippen LogP contribution in [-0.4, -0.2) is 62.8 Å². The van der Waals surface area contributed by atoms with Crippen molar-refractivity contribution in [2.75, 3.05) is 39.8 Å². The molecule has 130 valence electrons. The van der Waals surface area contributed by atoms with Crippen LogP contribution in [0, 0.1) is 0 Å². The van der Waals surface area contributed by atoms with Crippen molar-refractivity contribution in [3.05, 3.63) is 0 Å². The summed E-state index contributed by atoms with van der Waals surface area (Å²) in [7, 11) is 2.14. The molecule has 22 heavy (non-hydrogen) atoms. The molecule has 0 aliphatic carbocycles. The van der Waals surface area contributed by atoms with Gasteiger partial charge in [0, 0.05) is 25.7 Å². The number of hydrogen-bond acceptors (Lipinski definition) is 3. The van der Waals surface area contributed by atoms with E-state index in [1.165, 1.54) is 32.1 Å². The molecule has 0 saturated carbocycles. The van der Waals surface area contributed by atoms with E-state index in [0.717, 1.165) is 38.7 Å². The third-order valence-corrected chi connectivity index (χ3v) is 4.01. The first-order valence-electron chi connectivity index (χ1n) is 9.00. The average molecular weight is 313 g/mol. The molecule has 2 N–H and O–H groups in total. The van der Waals surface area contributed by atoms with Gasteiger partial charge in [-0.2, -0.15) is 0 Å². The zero-order chi connectivity index (χ0) is 16.2. The molecular weight excluding hydrogens is 276 g/mol. The smallest absolute Gasteiger partial charge is 0.191 e. The predicted molar refractivity (Wildman–Crippen MR) is 94.6 cm³/mol. The van der Waals surface area contributed by atoms with Gasteiger partial charge in [0.25, 0.3) is 0 Å². The third-order valence-electron chi connectivity index (χ3n) is 4.01. The molecule has 1 rings (SSSR count). The molecule has 5 nitrogen and oxygen atoms in total. The van der Waals surface area contributed by atoms with Crippen molar-refractivity contribution >= 4 is 5.96 Å². The van der Waals surface area contributed by atoms with Gasteiger partial charge in [0.05, 0.1) is 19.3 Å². The predicted octanol–water partition coefficient (Wildman–Crippen LogP) is 2.23. The van der Waals surface area contributed by atoms with Crippen LogP contribution in [0.1, 0.15) is 52.9 Å². The van der Waals surface area contributed by atoms with Crippen LogP contribution in [0.5, 0.6) is 0 Å². The zero-order valence-electron chi connectivity index (χ0n) is 15.0. The van der Waals surface area contributed by atoms with E-state index in [0.29, 0.717) is 6.04 Å². The van der Waals surface area contributed by atoms with Gasteiger partial charge < -0.3 is 20.3 Å². The van der Waals surface area contributed by atoms with Gasteiger partial charge in [-0.25, -0.2) is 0 Å². The zero-order valence-corrected chi connectivity index (χ0v) is 15.0. The van der Waals surface area contributed by atoms with Crippen LogP contribution in [0.15, 0.2) is 4.99 Å². The summed E-state index contributed by atoms with van der Waals surface area (Å²) in [6, 6.07) is 0.463. The fourth-order valence-electron chi connectivity index (χ4n) is 2.67. The summed E-state index contributed by atoms with van der Waals surface area (Å²) in [4.78, 5) is 7.00. The lowest BCUT2D eigenvalue weighted by atomic mass is 10.1. The lowest BCUT2D eigenvalue weighted by Gasteiger charge is -2.29. The van der Waals surface area contributed by atoms with Gasteiger partial charge in [-0.15, -0.1) is 0 Å². The van der Waals surface area contributed by atoms with Crippen molar-refractivity contribution in [1.82, 2.24) is 15.5 Å². The average Bonchev–Trinajstić information content (AvgIpc) is 2.49. The highest BCUT2D eigenvalue weighted by Gasteiger charge is 2.17. The lowest BCUT2D eigenvalue weighted by molar-refractivity contribution is -0.0136. The second-order valence-corrected chi connectivity index (χ2v) is 6.37. The standard InChI is InChI=1S/C17H36N4O/c1-5-7-8-9-10-15(3)20-17(18-6-2)19-13-16-14-21(4)11-12-22-16/h15-16H,5-14H2,1-4H3,(H2,18,19,20). The number of nitrogens with zero attached hydrogens (tertiary/aromatic N) is 2. The molecule has 0 spiro atoms. The van der Waals surface area contributed by atoms with E-state index < -0.39 is 0 Å². The Balaban J connectivity index is 2.34. The summed E-state index contributed by atoms with van der Waals surface area (Å²) in [6.07, 6.45) is 6.67. The highest BCUT2D eigenvalue weighted by Crippen LogP contribution is 2.06. The van der Waals surface area contributed by atoms with E-state index in [9.17, 15) is 0 Å². The van der Waals surface area contributed by atoms with Gasteiger partial charge in [0.1, 0.15) is 0 Å². The minimum Gasteiger partial charge on any atom is -0.374 e. The van der Waals surface area contributed by atoms with E-state index in [1.807, 2.05) is 0 Å². The highest BCUT2D eigenvalue weighted by molar-refractivity contribution is 5.80. The number of rotatable bonds is 9. The number of morpholine rings is 1. The molecule has 1 aliphatic rings. The SMILES string of the molecule is CCCCCCC(C)NC(=NCC1CN(C)CCO1)NCC. The van der Waals surface area contributed by atoms with Crippen LogP contribution in [0.2, 0.25) is 0 Å². The number of ether oxygens (including phenoxy) is 1. The van der Waals surface area contributed by atoms with E-state index in [1.54, 1.807) is 0 Å². The summed E-state index contributed by atoms with van der Waals surface area (Å²) < 4.78 is 5.77. The molecule has 0 amide bonds. The van der Waals surface area contributed by atoms with Crippen LogP contribution < -0.4 is 10.6 Å². The van der Waals surface area contributed by atoms with Gasteiger partial charge in [0.15, 0.2) is 5.96 Å². The Labute approximate surface area is 136 Å². The molecule has 1 heterocycles.